The van der Waals surface area contributed by atoms with Crippen LogP contribution in [0.25, 0.3) is 16.3 Å². The van der Waals surface area contributed by atoms with Crippen LogP contribution in [0.15, 0.2) is 17.2 Å². The van der Waals surface area contributed by atoms with Gasteiger partial charge in [-0.2, -0.15) is 5.26 Å². The summed E-state index contributed by atoms with van der Waals surface area (Å²) in [6.07, 6.45) is 5.30. The largest absolute Gasteiger partial charge is 0.367 e. The van der Waals surface area contributed by atoms with Gasteiger partial charge in [0.05, 0.1) is 17.3 Å². The summed E-state index contributed by atoms with van der Waals surface area (Å²) in [6, 6.07) is 4.48. The molecule has 6 rings (SSSR count). The van der Waals surface area contributed by atoms with Crippen LogP contribution in [-0.4, -0.2) is 58.0 Å². The number of hydrogen-bond acceptors (Lipinski definition) is 9. The van der Waals surface area contributed by atoms with E-state index in [1.54, 1.807) is 0 Å². The maximum atomic E-state index is 13.4. The van der Waals surface area contributed by atoms with Crippen molar-refractivity contribution in [3.05, 3.63) is 22.4 Å². The lowest BCUT2D eigenvalue weighted by atomic mass is 10.1. The quantitative estimate of drug-likeness (QED) is 0.472. The highest BCUT2D eigenvalue weighted by Gasteiger charge is 2.48. The Hall–Kier alpha value is -1.97. The average molecular weight is 505 g/mol. The van der Waals surface area contributed by atoms with E-state index < -0.39 is 11.0 Å². The highest BCUT2D eigenvalue weighted by molar-refractivity contribution is 7.97. The number of piperazine rings is 1. The second-order valence-corrected chi connectivity index (χ2v) is 11.2. The van der Waals surface area contributed by atoms with Gasteiger partial charge in [0, 0.05) is 37.3 Å². The van der Waals surface area contributed by atoms with Crippen molar-refractivity contribution in [2.24, 2.45) is 0 Å². The minimum Gasteiger partial charge on any atom is -0.367 e. The van der Waals surface area contributed by atoms with E-state index >= 15 is 0 Å². The Morgan fingerprint density at radius 2 is 2.06 bits per heavy atom. The molecule has 3 aromatic rings. The van der Waals surface area contributed by atoms with E-state index in [2.05, 4.69) is 42.3 Å². The molecule has 2 N–H and O–H groups in total. The van der Waals surface area contributed by atoms with Crippen LogP contribution in [0.2, 0.25) is 5.15 Å². The van der Waals surface area contributed by atoms with Crippen LogP contribution < -0.4 is 14.9 Å². The van der Waals surface area contributed by atoms with Gasteiger partial charge in [-0.25, -0.2) is 9.37 Å². The molecule has 12 heteroatoms. The molecule has 3 aliphatic rings. The summed E-state index contributed by atoms with van der Waals surface area (Å²) in [6.45, 7) is 3.12. The number of halogens is 2. The lowest BCUT2D eigenvalue weighted by Crippen LogP contribution is -2.43. The first kappa shape index (κ1) is 21.6. The van der Waals surface area contributed by atoms with Crippen molar-refractivity contribution in [2.75, 3.05) is 37.8 Å². The van der Waals surface area contributed by atoms with Gasteiger partial charge in [0.15, 0.2) is 16.0 Å². The Kier molecular flexibility index (Phi) is 5.27. The summed E-state index contributed by atoms with van der Waals surface area (Å²) in [5, 5.41) is 23.4. The van der Waals surface area contributed by atoms with Crippen LogP contribution in [0.5, 0.6) is 0 Å². The number of anilines is 1. The van der Waals surface area contributed by atoms with Crippen molar-refractivity contribution >= 4 is 46.1 Å². The molecule has 0 amide bonds. The fourth-order valence-corrected chi connectivity index (χ4v) is 6.28. The number of aromatic nitrogens is 4. The Balaban J connectivity index is 1.44. The molecule has 0 unspecified atom stereocenters. The number of imidazole rings is 1. The van der Waals surface area contributed by atoms with E-state index in [-0.39, 0.29) is 6.67 Å². The molecule has 8 nitrogen and oxygen atoms in total. The molecule has 0 atom stereocenters. The fraction of sp³-hybridized carbons (Fsp3) is 0.524. The van der Waals surface area contributed by atoms with Crippen LogP contribution in [0.3, 0.4) is 0 Å². The van der Waals surface area contributed by atoms with Crippen molar-refractivity contribution in [1.29, 1.82) is 5.26 Å². The number of rotatable bonds is 7. The number of nitrogens with zero attached hydrogens (tertiary/aromatic N) is 6. The van der Waals surface area contributed by atoms with Gasteiger partial charge in [-0.3, -0.25) is 9.12 Å². The molecule has 1 aliphatic heterocycles. The van der Waals surface area contributed by atoms with E-state index in [1.165, 1.54) is 23.3 Å². The molecule has 0 bridgehead atoms. The zero-order chi connectivity index (χ0) is 22.6. The van der Waals surface area contributed by atoms with Gasteiger partial charge in [-0.05, 0) is 43.7 Å². The molecule has 0 aromatic carbocycles. The molecule has 172 valence electrons. The average Bonchev–Trinajstić information content (AvgIpc) is 3.75. The molecular weight excluding hydrogens is 483 g/mol. The van der Waals surface area contributed by atoms with E-state index in [0.29, 0.717) is 16.0 Å². The first-order valence-corrected chi connectivity index (χ1v) is 13.0. The summed E-state index contributed by atoms with van der Waals surface area (Å²) in [4.78, 5) is 7.91. The SMILES string of the molecule is N#CC1(c2nnc(-c3nc(Cl)c4c(N5CCNCC5)cc(SNC5(CF)CC5)cn34)s2)CC1. The van der Waals surface area contributed by atoms with Gasteiger partial charge in [0.1, 0.15) is 22.6 Å². The van der Waals surface area contributed by atoms with E-state index in [0.717, 1.165) is 73.0 Å². The second-order valence-electron chi connectivity index (χ2n) is 8.97. The highest BCUT2D eigenvalue weighted by atomic mass is 35.5. The lowest BCUT2D eigenvalue weighted by Gasteiger charge is -2.30. The van der Waals surface area contributed by atoms with Gasteiger partial charge in [-0.1, -0.05) is 22.9 Å². The highest BCUT2D eigenvalue weighted by Crippen LogP contribution is 2.49. The minimum atomic E-state index is -0.491. The monoisotopic (exact) mass is 504 g/mol. The molecule has 3 aromatic heterocycles. The third kappa shape index (κ3) is 3.78. The fourth-order valence-electron chi connectivity index (χ4n) is 4.07. The Bertz CT molecular complexity index is 1250. The molecule has 3 fully saturated rings. The summed E-state index contributed by atoms with van der Waals surface area (Å²) in [5.74, 6) is 0.609. The zero-order valence-corrected chi connectivity index (χ0v) is 20.2. The van der Waals surface area contributed by atoms with Crippen molar-refractivity contribution in [2.45, 2.75) is 41.5 Å². The summed E-state index contributed by atoms with van der Waals surface area (Å²) < 4.78 is 18.7. The predicted octanol–water partition coefficient (Wildman–Crippen LogP) is 3.57. The third-order valence-corrected chi connectivity index (χ3v) is 8.97. The number of pyridine rings is 1. The molecule has 1 saturated heterocycles. The van der Waals surface area contributed by atoms with E-state index in [1.807, 2.05) is 10.6 Å². The second kappa shape index (κ2) is 8.06. The molecule has 0 radical (unpaired) electrons. The Morgan fingerprint density at radius 3 is 2.73 bits per heavy atom. The maximum Gasteiger partial charge on any atom is 0.184 e. The molecule has 2 saturated carbocycles. The number of fused-ring (bicyclic) bond motifs is 1. The van der Waals surface area contributed by atoms with Crippen molar-refractivity contribution in [3.63, 3.8) is 0 Å². The zero-order valence-electron chi connectivity index (χ0n) is 17.8. The normalized spacial score (nSPS) is 20.7. The standard InChI is InChI=1S/C21H22ClFN8S2/c22-16-15-14(30-7-5-25-6-8-30)9-13(33-29-21(11-23)3-4-21)10-31(15)17(26-16)18-27-28-19(32-18)20(12-24)1-2-20/h9-10,25,29H,1-8,11H2. The predicted molar refractivity (Wildman–Crippen MR) is 128 cm³/mol. The topological polar surface area (TPSA) is 94.2 Å². The molecule has 2 aliphatic carbocycles. The molecular formula is C21H22ClFN8S2. The first-order chi connectivity index (χ1) is 16.1. The lowest BCUT2D eigenvalue weighted by molar-refractivity contribution is 0.402. The van der Waals surface area contributed by atoms with Crippen LogP contribution in [0, 0.1) is 11.3 Å². The van der Waals surface area contributed by atoms with Crippen LogP contribution in [-0.2, 0) is 5.41 Å². The molecule has 4 heterocycles. The number of nitriles is 1. The van der Waals surface area contributed by atoms with Crippen molar-refractivity contribution < 1.29 is 4.39 Å². The van der Waals surface area contributed by atoms with Crippen molar-refractivity contribution in [1.82, 2.24) is 29.6 Å². The molecule has 33 heavy (non-hydrogen) atoms. The third-order valence-electron chi connectivity index (χ3n) is 6.59. The van der Waals surface area contributed by atoms with Gasteiger partial charge < -0.3 is 10.2 Å². The van der Waals surface area contributed by atoms with Crippen LogP contribution in [0.1, 0.15) is 30.7 Å². The van der Waals surface area contributed by atoms with E-state index in [9.17, 15) is 9.65 Å². The van der Waals surface area contributed by atoms with Crippen molar-refractivity contribution in [3.8, 4) is 16.9 Å². The van der Waals surface area contributed by atoms with E-state index in [4.69, 9.17) is 11.6 Å². The Morgan fingerprint density at radius 1 is 1.27 bits per heavy atom. The number of alkyl halides is 1. The van der Waals surface area contributed by atoms with Gasteiger partial charge in [-0.15, -0.1) is 10.2 Å². The van der Waals surface area contributed by atoms with Gasteiger partial charge in [0.25, 0.3) is 0 Å². The summed E-state index contributed by atoms with van der Waals surface area (Å²) >= 11 is 9.53. The smallest absolute Gasteiger partial charge is 0.184 e. The maximum absolute atomic E-state index is 13.4. The van der Waals surface area contributed by atoms with Gasteiger partial charge in [0.2, 0.25) is 0 Å². The minimum absolute atomic E-state index is 0.372. The van der Waals surface area contributed by atoms with Crippen LogP contribution >= 0.6 is 34.9 Å². The number of nitrogens with one attached hydrogen (secondary N) is 2. The summed E-state index contributed by atoms with van der Waals surface area (Å²) in [7, 11) is 0. The Labute approximate surface area is 203 Å². The van der Waals surface area contributed by atoms with Crippen LogP contribution in [0.4, 0.5) is 10.1 Å². The molecule has 0 spiro atoms. The number of hydrogen-bond donors (Lipinski definition) is 2. The summed E-state index contributed by atoms with van der Waals surface area (Å²) in [5.41, 5.74) is 0.920. The first-order valence-electron chi connectivity index (χ1n) is 11.0. The van der Waals surface area contributed by atoms with Gasteiger partial charge >= 0.3 is 0 Å².